The van der Waals surface area contributed by atoms with E-state index in [1.54, 1.807) is 0 Å². The van der Waals surface area contributed by atoms with Crippen LogP contribution in [-0.2, 0) is 9.59 Å². The third-order valence-corrected chi connectivity index (χ3v) is 5.90. The second-order valence-corrected chi connectivity index (χ2v) is 10.1. The van der Waals surface area contributed by atoms with Crippen LogP contribution in [0.2, 0.25) is 0 Å². The zero-order chi connectivity index (χ0) is 22.8. The summed E-state index contributed by atoms with van der Waals surface area (Å²) in [6.07, 6.45) is 5.08. The Morgan fingerprint density at radius 1 is 1.03 bits per heavy atom. The van der Waals surface area contributed by atoms with E-state index in [-0.39, 0.29) is 28.9 Å². The second-order valence-electron chi connectivity index (χ2n) is 10.1. The van der Waals surface area contributed by atoms with Crippen LogP contribution in [0.5, 0.6) is 0 Å². The number of primary amides is 1. The van der Waals surface area contributed by atoms with Gasteiger partial charge < -0.3 is 16.4 Å². The highest BCUT2D eigenvalue weighted by molar-refractivity contribution is 5.92. The van der Waals surface area contributed by atoms with Crippen molar-refractivity contribution in [3.05, 3.63) is 0 Å². The lowest BCUT2D eigenvalue weighted by Gasteiger charge is -2.35. The van der Waals surface area contributed by atoms with E-state index in [1.165, 1.54) is 0 Å². The van der Waals surface area contributed by atoms with Gasteiger partial charge in [-0.15, -0.1) is 0 Å². The number of nitrogens with one attached hydrogen (secondary N) is 2. The van der Waals surface area contributed by atoms with Gasteiger partial charge >= 0.3 is 6.03 Å². The maximum Gasteiger partial charge on any atom is 0.312 e. The van der Waals surface area contributed by atoms with E-state index in [9.17, 15) is 14.4 Å². The summed E-state index contributed by atoms with van der Waals surface area (Å²) in [4.78, 5) is 37.0. The Balaban J connectivity index is 5.34. The molecule has 3 unspecified atom stereocenters. The van der Waals surface area contributed by atoms with E-state index in [1.807, 2.05) is 20.8 Å². The quantitative estimate of drug-likeness (QED) is 0.391. The number of nitrogens with two attached hydrogens (primary N) is 1. The van der Waals surface area contributed by atoms with Gasteiger partial charge in [0.05, 0.1) is 6.04 Å². The molecule has 0 radical (unpaired) electrons. The van der Waals surface area contributed by atoms with Crippen LogP contribution in [0.15, 0.2) is 0 Å². The summed E-state index contributed by atoms with van der Waals surface area (Å²) in [5.41, 5.74) is 4.67. The summed E-state index contributed by atoms with van der Waals surface area (Å²) in [5, 5.41) is 5.59. The van der Waals surface area contributed by atoms with Gasteiger partial charge in [0.1, 0.15) is 0 Å². The zero-order valence-electron chi connectivity index (χ0n) is 20.0. The molecule has 0 rings (SSSR count). The summed E-state index contributed by atoms with van der Waals surface area (Å²) < 4.78 is 0. The molecule has 0 aromatic heterocycles. The maximum absolute atomic E-state index is 13.2. The lowest BCUT2D eigenvalue weighted by molar-refractivity contribution is -0.135. The predicted octanol–water partition coefficient (Wildman–Crippen LogP) is 4.41. The standard InChI is InChI=1S/C23H45N3O3/c1-9-13-23(8,10-2)15-17(16(3)4)20(28)26-18(19(27)22(5,6)7)12-11-14-25-21(24)29/h16-18H,9-15H2,1-8H3,(H,26,28)(H3,24,25,29). The van der Waals surface area contributed by atoms with Gasteiger partial charge in [0.15, 0.2) is 5.78 Å². The molecule has 0 aliphatic carbocycles. The van der Waals surface area contributed by atoms with Crippen LogP contribution >= 0.6 is 0 Å². The van der Waals surface area contributed by atoms with Crippen LogP contribution in [0.4, 0.5) is 4.79 Å². The van der Waals surface area contributed by atoms with Crippen LogP contribution in [0.3, 0.4) is 0 Å². The van der Waals surface area contributed by atoms with E-state index >= 15 is 0 Å². The highest BCUT2D eigenvalue weighted by Crippen LogP contribution is 2.37. The zero-order valence-corrected chi connectivity index (χ0v) is 20.0. The van der Waals surface area contributed by atoms with Crippen molar-refractivity contribution in [2.45, 2.75) is 100.0 Å². The molecule has 0 fully saturated rings. The fraction of sp³-hybridized carbons (Fsp3) is 0.870. The molecule has 0 aromatic rings. The van der Waals surface area contributed by atoms with Crippen molar-refractivity contribution in [1.29, 1.82) is 0 Å². The monoisotopic (exact) mass is 411 g/mol. The molecule has 0 saturated heterocycles. The Bertz CT molecular complexity index is 540. The van der Waals surface area contributed by atoms with Gasteiger partial charge in [-0.05, 0) is 37.0 Å². The van der Waals surface area contributed by atoms with E-state index in [0.29, 0.717) is 19.4 Å². The van der Waals surface area contributed by atoms with Gasteiger partial charge in [0.2, 0.25) is 5.91 Å². The number of ketones is 1. The van der Waals surface area contributed by atoms with Crippen molar-refractivity contribution in [3.8, 4) is 0 Å². The summed E-state index contributed by atoms with van der Waals surface area (Å²) >= 11 is 0. The molecule has 0 bridgehead atoms. The maximum atomic E-state index is 13.2. The molecule has 6 nitrogen and oxygen atoms in total. The number of rotatable bonds is 13. The summed E-state index contributed by atoms with van der Waals surface area (Å²) in [6.45, 7) is 16.7. The molecule has 0 aromatic carbocycles. The molecule has 0 aliphatic heterocycles. The summed E-state index contributed by atoms with van der Waals surface area (Å²) in [5.74, 6) is 0.0330. The van der Waals surface area contributed by atoms with Crippen molar-refractivity contribution in [1.82, 2.24) is 10.6 Å². The van der Waals surface area contributed by atoms with Crippen LogP contribution in [-0.4, -0.2) is 30.3 Å². The average molecular weight is 412 g/mol. The summed E-state index contributed by atoms with van der Waals surface area (Å²) in [7, 11) is 0. The number of carbonyl (C=O) groups is 3. The van der Waals surface area contributed by atoms with Crippen LogP contribution < -0.4 is 16.4 Å². The molecule has 4 N–H and O–H groups in total. The minimum Gasteiger partial charge on any atom is -0.352 e. The number of hydrogen-bond donors (Lipinski definition) is 3. The van der Waals surface area contributed by atoms with Crippen LogP contribution in [0.25, 0.3) is 0 Å². The van der Waals surface area contributed by atoms with Crippen molar-refractivity contribution < 1.29 is 14.4 Å². The van der Waals surface area contributed by atoms with Gasteiger partial charge in [-0.2, -0.15) is 0 Å². The molecule has 0 saturated carbocycles. The number of hydrogen-bond acceptors (Lipinski definition) is 3. The smallest absolute Gasteiger partial charge is 0.312 e. The Kier molecular flexibility index (Phi) is 11.5. The fourth-order valence-electron chi connectivity index (χ4n) is 3.78. The number of amides is 3. The SMILES string of the molecule is CCCC(C)(CC)CC(C(=O)NC(CCCNC(N)=O)C(=O)C(C)(C)C)C(C)C. The number of carbonyl (C=O) groups excluding carboxylic acids is 3. The lowest BCUT2D eigenvalue weighted by atomic mass is 9.72. The first-order valence-corrected chi connectivity index (χ1v) is 11.2. The highest BCUT2D eigenvalue weighted by Gasteiger charge is 2.35. The fourth-order valence-corrected chi connectivity index (χ4v) is 3.78. The highest BCUT2D eigenvalue weighted by atomic mass is 16.2. The molecule has 0 heterocycles. The van der Waals surface area contributed by atoms with E-state index < -0.39 is 17.5 Å². The van der Waals surface area contributed by atoms with Crippen molar-refractivity contribution in [3.63, 3.8) is 0 Å². The van der Waals surface area contributed by atoms with Crippen molar-refractivity contribution in [2.24, 2.45) is 28.4 Å². The first-order valence-electron chi connectivity index (χ1n) is 11.2. The number of Topliss-reactive ketones (excluding diaryl/α,β-unsaturated/α-hetero) is 1. The van der Waals surface area contributed by atoms with E-state index in [0.717, 1.165) is 25.7 Å². The van der Waals surface area contributed by atoms with Crippen LogP contribution in [0, 0.1) is 22.7 Å². The predicted molar refractivity (Wildman–Crippen MR) is 119 cm³/mol. The first kappa shape index (κ1) is 27.4. The third kappa shape index (κ3) is 10.1. The van der Waals surface area contributed by atoms with Gasteiger partial charge in [0, 0.05) is 17.9 Å². The summed E-state index contributed by atoms with van der Waals surface area (Å²) in [6, 6.07) is -1.14. The molecular formula is C23H45N3O3. The van der Waals surface area contributed by atoms with Gasteiger partial charge in [-0.25, -0.2) is 4.79 Å². The van der Waals surface area contributed by atoms with E-state index in [4.69, 9.17) is 5.73 Å². The topological polar surface area (TPSA) is 101 Å². The Morgan fingerprint density at radius 2 is 1.62 bits per heavy atom. The molecular weight excluding hydrogens is 366 g/mol. The largest absolute Gasteiger partial charge is 0.352 e. The van der Waals surface area contributed by atoms with Crippen molar-refractivity contribution >= 4 is 17.7 Å². The molecule has 29 heavy (non-hydrogen) atoms. The average Bonchev–Trinajstić information content (AvgIpc) is 2.60. The van der Waals surface area contributed by atoms with E-state index in [2.05, 4.69) is 45.3 Å². The normalized spacial score (nSPS) is 16.0. The molecule has 0 aliphatic rings. The van der Waals surface area contributed by atoms with Crippen molar-refractivity contribution in [2.75, 3.05) is 6.54 Å². The Labute approximate surface area is 178 Å². The lowest BCUT2D eigenvalue weighted by Crippen LogP contribution is -2.49. The minimum absolute atomic E-state index is 0.0132. The molecule has 170 valence electrons. The molecule has 3 amide bonds. The Morgan fingerprint density at radius 3 is 2.03 bits per heavy atom. The first-order chi connectivity index (χ1) is 13.3. The second kappa shape index (κ2) is 12.2. The third-order valence-electron chi connectivity index (χ3n) is 5.90. The Hall–Kier alpha value is -1.59. The van der Waals surface area contributed by atoms with Crippen LogP contribution in [0.1, 0.15) is 93.9 Å². The number of urea groups is 1. The molecule has 6 heteroatoms. The van der Waals surface area contributed by atoms with Gasteiger partial charge in [0.25, 0.3) is 0 Å². The van der Waals surface area contributed by atoms with Gasteiger partial charge in [-0.3, -0.25) is 9.59 Å². The van der Waals surface area contributed by atoms with Gasteiger partial charge in [-0.1, -0.05) is 68.2 Å². The molecule has 3 atom stereocenters. The minimum atomic E-state index is -0.581. The molecule has 0 spiro atoms.